The zero-order chi connectivity index (χ0) is 95.3. The number of rotatable bonds is 27. The van der Waals surface area contributed by atoms with E-state index in [1.54, 1.807) is 78.3 Å². The SMILES string of the molecule is C.CC[C@H](C)Nc1cc(F)c(C(=O)N[C@@H](Cc2ccc(-c3c(C)n(C)c(=O)n(C)c3=O)c3c2CCCO3)C(=O)O)c(F)c1.CC[C@H](C)Nc1cc(F)c(C(=O)N[C@@H](Cc2ccc(-c3c(C)n(C)c(=O)n(C)c3=O)c3c2CCCO3)C(=O)O)c(F)c1.CC[C@H](C)Nc1cc(F)c(C(=O)N[C@@H](Cc2ccc(-c3c(C)n(C)c(=O)n(C)c3=O)c3c2CCCO3)C(=O)O)c(F)c1.CSF. The zero-order valence-corrected chi connectivity index (χ0v) is 75.0. The third kappa shape index (κ3) is 22.6. The number of ether oxygens (including phenoxy) is 3. The molecule has 38 heteroatoms. The maximum absolute atomic E-state index is 14.8. The van der Waals surface area contributed by atoms with Gasteiger partial charge in [0.25, 0.3) is 34.4 Å². The summed E-state index contributed by atoms with van der Waals surface area (Å²) >= 11 is 0.250. The van der Waals surface area contributed by atoms with Gasteiger partial charge in [0.2, 0.25) is 0 Å². The number of halogens is 7. The Morgan fingerprint density at radius 3 is 0.815 bits per heavy atom. The maximum atomic E-state index is 14.8. The lowest BCUT2D eigenvalue weighted by atomic mass is 9.90. The molecule has 0 saturated heterocycles. The molecule has 9 N–H and O–H groups in total. The highest BCUT2D eigenvalue weighted by atomic mass is 32.2. The van der Waals surface area contributed by atoms with Crippen LogP contribution in [0.2, 0.25) is 0 Å². The van der Waals surface area contributed by atoms with Crippen LogP contribution in [0.25, 0.3) is 33.4 Å². The Labute approximate surface area is 748 Å². The molecule has 12 rings (SSSR count). The van der Waals surface area contributed by atoms with Crippen LogP contribution in [-0.4, -0.2) is 141 Å². The van der Waals surface area contributed by atoms with E-state index in [0.717, 1.165) is 50.1 Å². The number of amides is 3. The zero-order valence-electron chi connectivity index (χ0n) is 74.2. The van der Waals surface area contributed by atoms with E-state index in [-0.39, 0.29) is 90.7 Å². The minimum absolute atomic E-state index is 0. The number of anilines is 3. The molecule has 700 valence electrons. The number of hydrogen-bond acceptors (Lipinski definition) is 19. The number of fused-ring (bicyclic) bond motifs is 3. The number of benzene rings is 6. The van der Waals surface area contributed by atoms with Crippen molar-refractivity contribution in [1.29, 1.82) is 0 Å². The summed E-state index contributed by atoms with van der Waals surface area (Å²) in [6.45, 7) is 17.3. The van der Waals surface area contributed by atoms with Gasteiger partial charge in [0.15, 0.2) is 0 Å². The molecule has 0 spiro atoms. The molecule has 0 saturated carbocycles. The molecule has 3 amide bonds. The number of nitrogens with zero attached hydrogens (tertiary/aromatic N) is 6. The number of carbonyl (C=O) groups excluding carboxylic acids is 3. The van der Waals surface area contributed by atoms with Crippen LogP contribution in [0.5, 0.6) is 17.2 Å². The number of carboxylic acid groups (broad SMARTS) is 3. The third-order valence-corrected chi connectivity index (χ3v) is 23.2. The Kier molecular flexibility index (Phi) is 34.8. The van der Waals surface area contributed by atoms with Crippen molar-refractivity contribution in [3.8, 4) is 50.6 Å². The molecule has 6 aromatic carbocycles. The van der Waals surface area contributed by atoms with Crippen molar-refractivity contribution in [2.75, 3.05) is 42.0 Å². The summed E-state index contributed by atoms with van der Waals surface area (Å²) in [7, 11) is 8.84. The molecule has 130 heavy (non-hydrogen) atoms. The molecule has 0 radical (unpaired) electrons. The first-order valence-corrected chi connectivity index (χ1v) is 42.8. The van der Waals surface area contributed by atoms with Gasteiger partial charge in [-0.2, -0.15) is 3.89 Å². The summed E-state index contributed by atoms with van der Waals surface area (Å²) in [6.07, 6.45) is 6.33. The van der Waals surface area contributed by atoms with Crippen molar-refractivity contribution in [3.05, 3.63) is 237 Å². The molecule has 0 aliphatic carbocycles. The van der Waals surface area contributed by atoms with Crippen LogP contribution in [-0.2, 0) is 95.2 Å². The Morgan fingerprint density at radius 2 is 0.615 bits per heavy atom. The number of carboxylic acids is 3. The Morgan fingerprint density at radius 1 is 0.400 bits per heavy atom. The van der Waals surface area contributed by atoms with E-state index in [9.17, 15) is 103 Å². The molecule has 0 fully saturated rings. The van der Waals surface area contributed by atoms with Crippen molar-refractivity contribution >= 4 is 64.8 Å². The Balaban J connectivity index is 0.000000236. The van der Waals surface area contributed by atoms with Crippen LogP contribution in [0, 0.1) is 55.7 Å². The van der Waals surface area contributed by atoms with Gasteiger partial charge in [0.1, 0.15) is 87.0 Å². The highest BCUT2D eigenvalue weighted by molar-refractivity contribution is 7.93. The largest absolute Gasteiger partial charge is 0.493 e. The standard InChI is InChI=1S/3C30H34F2N4O6.CH3FS.CH4/c3*1-6-15(2)33-18-13-21(31)25(22(32)14-18)27(37)34-23(29(39)40)12-17-9-10-20(26-19(17)8-7-11-42-26)24-16(3)35(4)30(41)36(5)28(24)38;1-3-2;/h3*9-10,13-15,23,33H,6-8,11-12H2,1-5H3,(H,34,37)(H,39,40);1H3;1H4/t3*15-,23-;;/m000../s1. The quantitative estimate of drug-likeness (QED) is 0.0216. The molecule has 3 aliphatic heterocycles. The fraction of sp³-hybridized carbons (Fsp3) is 0.413. The Bertz CT molecular complexity index is 5590. The number of aliphatic carboxylic acids is 3. The molecule has 0 bridgehead atoms. The average Bonchev–Trinajstić information content (AvgIpc) is 0.760. The second-order valence-corrected chi connectivity index (χ2v) is 32.1. The van der Waals surface area contributed by atoms with Crippen molar-refractivity contribution in [3.63, 3.8) is 0 Å². The van der Waals surface area contributed by atoms with Gasteiger partial charge >= 0.3 is 35.0 Å². The highest BCUT2D eigenvalue weighted by Gasteiger charge is 2.35. The summed E-state index contributed by atoms with van der Waals surface area (Å²) in [6, 6.07) is 11.1. The number of carbonyl (C=O) groups is 6. The van der Waals surface area contributed by atoms with Gasteiger partial charge in [-0.05, 0) is 169 Å². The van der Waals surface area contributed by atoms with Crippen LogP contribution in [0.4, 0.5) is 47.3 Å². The van der Waals surface area contributed by atoms with Gasteiger partial charge in [0.05, 0.1) is 36.5 Å². The summed E-state index contributed by atoms with van der Waals surface area (Å²) < 4.78 is 124. The van der Waals surface area contributed by atoms with E-state index in [1.165, 1.54) is 41.1 Å². The van der Waals surface area contributed by atoms with E-state index in [1.807, 2.05) is 41.5 Å². The van der Waals surface area contributed by atoms with Crippen molar-refractivity contribution in [2.45, 2.75) is 183 Å². The van der Waals surface area contributed by atoms with Gasteiger partial charge in [-0.15, -0.1) is 0 Å². The minimum atomic E-state index is -1.52. The molecule has 30 nitrogen and oxygen atoms in total. The van der Waals surface area contributed by atoms with Gasteiger partial charge in [-0.3, -0.25) is 42.5 Å². The summed E-state index contributed by atoms with van der Waals surface area (Å²) in [4.78, 5) is 152. The van der Waals surface area contributed by atoms with E-state index in [2.05, 4.69) is 31.9 Å². The Hall–Kier alpha value is -13.2. The molecule has 9 aromatic rings. The van der Waals surface area contributed by atoms with Gasteiger partial charge in [-0.25, -0.2) is 55.1 Å². The minimum Gasteiger partial charge on any atom is -0.493 e. The summed E-state index contributed by atoms with van der Waals surface area (Å²) in [5, 5.41) is 45.3. The smallest absolute Gasteiger partial charge is 0.330 e. The van der Waals surface area contributed by atoms with Crippen molar-refractivity contribution < 1.29 is 88.5 Å². The lowest BCUT2D eigenvalue weighted by Gasteiger charge is -2.25. The van der Waals surface area contributed by atoms with E-state index >= 15 is 0 Å². The number of nitrogens with one attached hydrogen (secondary N) is 6. The van der Waals surface area contributed by atoms with Crippen molar-refractivity contribution in [1.82, 2.24) is 43.4 Å². The van der Waals surface area contributed by atoms with E-state index in [0.29, 0.717) is 162 Å². The normalized spacial score (nSPS) is 13.7. The monoisotopic (exact) mass is 1830 g/mol. The van der Waals surface area contributed by atoms with Gasteiger partial charge in [0, 0.05) is 149 Å². The number of aromatic nitrogens is 6. The van der Waals surface area contributed by atoms with Crippen LogP contribution < -0.4 is 79.9 Å². The highest BCUT2D eigenvalue weighted by Crippen LogP contribution is 2.42. The molecule has 0 unspecified atom stereocenters. The second-order valence-electron chi connectivity index (χ2n) is 31.8. The molecular weight excluding hydrogens is 1730 g/mol. The predicted molar refractivity (Wildman–Crippen MR) is 481 cm³/mol. The maximum Gasteiger partial charge on any atom is 0.330 e. The predicted octanol–water partition coefficient (Wildman–Crippen LogP) is 11.8. The fourth-order valence-electron chi connectivity index (χ4n) is 15.3. The molecule has 6 atom stereocenters. The first-order chi connectivity index (χ1) is 61.0. The van der Waals surface area contributed by atoms with Gasteiger partial charge in [-0.1, -0.05) is 64.6 Å². The first kappa shape index (κ1) is 102. The molecular formula is C92H109F7N12O18S. The average molecular weight is 1840 g/mol. The first-order valence-electron chi connectivity index (χ1n) is 41.6. The lowest BCUT2D eigenvalue weighted by molar-refractivity contribution is -0.140. The van der Waals surface area contributed by atoms with E-state index < -0.39 is 139 Å². The van der Waals surface area contributed by atoms with Crippen LogP contribution in [0.3, 0.4) is 0 Å². The van der Waals surface area contributed by atoms with Gasteiger partial charge < -0.3 is 75.1 Å². The molecule has 6 heterocycles. The van der Waals surface area contributed by atoms with E-state index in [4.69, 9.17) is 14.2 Å². The lowest BCUT2D eigenvalue weighted by Crippen LogP contribution is -2.43. The van der Waals surface area contributed by atoms with Crippen LogP contribution in [0.1, 0.15) is 169 Å². The summed E-state index contributed by atoms with van der Waals surface area (Å²) in [5.41, 5.74) is 2.13. The van der Waals surface area contributed by atoms with Crippen molar-refractivity contribution in [2.24, 2.45) is 42.3 Å². The summed E-state index contributed by atoms with van der Waals surface area (Å²) in [5.74, 6) is -13.3. The number of hydrogen-bond donors (Lipinski definition) is 9. The second kappa shape index (κ2) is 44.2. The topological polar surface area (TPSA) is 395 Å². The van der Waals surface area contributed by atoms with Crippen LogP contribution >= 0.6 is 12.1 Å². The fourth-order valence-corrected chi connectivity index (χ4v) is 15.3. The molecule has 3 aliphatic rings. The van der Waals surface area contributed by atoms with Crippen LogP contribution in [0.15, 0.2) is 102 Å². The third-order valence-electron chi connectivity index (χ3n) is 23.2. The molecule has 3 aromatic heterocycles.